The van der Waals surface area contributed by atoms with Crippen LogP contribution in [0.1, 0.15) is 208 Å². The predicted molar refractivity (Wildman–Crippen MR) is 237 cm³/mol. The van der Waals surface area contributed by atoms with Gasteiger partial charge in [0.15, 0.2) is 0 Å². The summed E-state index contributed by atoms with van der Waals surface area (Å²) in [4.78, 5) is 0. The molecule has 0 N–H and O–H groups in total. The maximum Gasteiger partial charge on any atom is 0.00499 e. The van der Waals surface area contributed by atoms with E-state index in [9.17, 15) is 0 Å². The van der Waals surface area contributed by atoms with Crippen molar-refractivity contribution < 1.29 is 0 Å². The van der Waals surface area contributed by atoms with E-state index in [1.54, 1.807) is 5.56 Å². The molecule has 0 nitrogen and oxygen atoms in total. The van der Waals surface area contributed by atoms with Gasteiger partial charge in [-0.3, -0.25) is 0 Å². The number of benzene rings is 2. The van der Waals surface area contributed by atoms with Crippen molar-refractivity contribution in [2.45, 2.75) is 187 Å². The van der Waals surface area contributed by atoms with E-state index in [1.165, 1.54) is 90.3 Å². The fourth-order valence-corrected chi connectivity index (χ4v) is 4.96. The van der Waals surface area contributed by atoms with Crippen molar-refractivity contribution in [2.75, 3.05) is 0 Å². The van der Waals surface area contributed by atoms with Gasteiger partial charge < -0.3 is 0 Å². The lowest BCUT2D eigenvalue weighted by molar-refractivity contribution is 0.558. The number of aryl methyl sites for hydroxylation is 1. The van der Waals surface area contributed by atoms with Gasteiger partial charge in [-0.2, -0.15) is 0 Å². The molecular weight excluding hydrogens is 601 g/mol. The largest absolute Gasteiger partial charge is 0.115 e. The fraction of sp³-hybridized carbons (Fsp3) is 0.560. The van der Waals surface area contributed by atoms with Crippen molar-refractivity contribution in [3.8, 4) is 12.3 Å². The Morgan fingerprint density at radius 3 is 1.62 bits per heavy atom. The van der Waals surface area contributed by atoms with Crippen LogP contribution in [0.5, 0.6) is 0 Å². The standard InChI is InChI=1S/C14H18.C14H22.C10H12.2C4H10.2C2H6/c1-6-12-7-8-13(10(2)3)9-14(12)11(4)5;1-4-8-13(9-5-2)14-11-7-6-10-12(14)3;1-4-10-6-5-8(2)7-9(10)3;2*1-3-4-2;2*1-2/h6-9,11H,1-2H2,3-5H3;6-7,10-11,13H,4-5,8-9H2,1-3H3;1,7H,5-6H2,2-3H3;2*3-4H2,1-2H3;2*1-2H3. The summed E-state index contributed by atoms with van der Waals surface area (Å²) < 4.78 is 0. The lowest BCUT2D eigenvalue weighted by atomic mass is 9.88. The first-order valence-electron chi connectivity index (χ1n) is 20.2. The minimum absolute atomic E-state index is 0.530. The zero-order valence-electron chi connectivity index (χ0n) is 36.4. The van der Waals surface area contributed by atoms with E-state index in [-0.39, 0.29) is 0 Å². The molecule has 50 heavy (non-hydrogen) atoms. The Morgan fingerprint density at radius 1 is 0.760 bits per heavy atom. The normalized spacial score (nSPS) is 11.0. The molecule has 0 bridgehead atoms. The van der Waals surface area contributed by atoms with E-state index in [0.717, 1.165) is 24.3 Å². The van der Waals surface area contributed by atoms with Crippen LogP contribution in [0.4, 0.5) is 0 Å². The summed E-state index contributed by atoms with van der Waals surface area (Å²) >= 11 is 0. The minimum Gasteiger partial charge on any atom is -0.115 e. The average Bonchev–Trinajstić information content (AvgIpc) is 3.14. The number of terminal acetylenes is 1. The topological polar surface area (TPSA) is 0 Å². The summed E-state index contributed by atoms with van der Waals surface area (Å²) in [6.07, 6.45) is 22.1. The highest BCUT2D eigenvalue weighted by atomic mass is 14.2. The van der Waals surface area contributed by atoms with Gasteiger partial charge in [0.1, 0.15) is 0 Å². The van der Waals surface area contributed by atoms with Crippen LogP contribution in [0.15, 0.2) is 78.4 Å². The summed E-state index contributed by atoms with van der Waals surface area (Å²) in [6.45, 7) is 42.0. The third-order valence-corrected chi connectivity index (χ3v) is 8.21. The molecule has 2 aromatic rings. The molecule has 0 fully saturated rings. The molecule has 1 aliphatic carbocycles. The summed E-state index contributed by atoms with van der Waals surface area (Å²) in [6, 6.07) is 15.3. The van der Waals surface area contributed by atoms with Gasteiger partial charge in [-0.15, -0.1) is 6.42 Å². The summed E-state index contributed by atoms with van der Waals surface area (Å²) in [5.74, 6) is 4.02. The van der Waals surface area contributed by atoms with Gasteiger partial charge in [-0.05, 0) is 98.6 Å². The minimum atomic E-state index is 0.530. The van der Waals surface area contributed by atoms with Gasteiger partial charge in [-0.1, -0.05) is 206 Å². The number of hydrogen-bond acceptors (Lipinski definition) is 0. The maximum atomic E-state index is 5.30. The smallest absolute Gasteiger partial charge is 0.00499 e. The van der Waals surface area contributed by atoms with Crippen LogP contribution < -0.4 is 0 Å². The van der Waals surface area contributed by atoms with Gasteiger partial charge in [-0.25, -0.2) is 0 Å². The first-order chi connectivity index (χ1) is 23.9. The van der Waals surface area contributed by atoms with Crippen LogP contribution in [-0.2, 0) is 0 Å². The van der Waals surface area contributed by atoms with E-state index in [2.05, 4.69) is 144 Å². The van der Waals surface area contributed by atoms with Gasteiger partial charge in [0, 0.05) is 5.57 Å². The lowest BCUT2D eigenvalue weighted by Gasteiger charge is -2.17. The number of allylic oxidation sites excluding steroid dienone is 5. The number of hydrogen-bond donors (Lipinski definition) is 0. The Hall–Kier alpha value is -3.04. The first kappa shape index (κ1) is 53.7. The van der Waals surface area contributed by atoms with Crippen molar-refractivity contribution in [3.05, 3.63) is 106 Å². The molecule has 0 radical (unpaired) electrons. The molecule has 0 aliphatic heterocycles. The molecule has 1 aliphatic rings. The second-order valence-corrected chi connectivity index (χ2v) is 12.9. The molecule has 3 rings (SSSR count). The predicted octanol–water partition coefficient (Wildman–Crippen LogP) is 17.5. The molecule has 0 saturated carbocycles. The van der Waals surface area contributed by atoms with Gasteiger partial charge in [0.05, 0.1) is 0 Å². The summed E-state index contributed by atoms with van der Waals surface area (Å²) in [5.41, 5.74) is 11.8. The van der Waals surface area contributed by atoms with Crippen LogP contribution in [0.3, 0.4) is 0 Å². The third kappa shape index (κ3) is 25.9. The van der Waals surface area contributed by atoms with Crippen molar-refractivity contribution in [2.24, 2.45) is 0 Å². The third-order valence-electron chi connectivity index (χ3n) is 8.21. The Balaban J connectivity index is -0.000000276. The van der Waals surface area contributed by atoms with Gasteiger partial charge in [0.25, 0.3) is 0 Å². The Kier molecular flexibility index (Phi) is 40.0. The molecule has 0 atom stereocenters. The maximum absolute atomic E-state index is 5.30. The van der Waals surface area contributed by atoms with Gasteiger partial charge in [0.2, 0.25) is 0 Å². The van der Waals surface area contributed by atoms with Crippen LogP contribution in [-0.4, -0.2) is 0 Å². The molecule has 284 valence electrons. The van der Waals surface area contributed by atoms with E-state index in [4.69, 9.17) is 6.42 Å². The quantitative estimate of drug-likeness (QED) is 0.219. The van der Waals surface area contributed by atoms with Gasteiger partial charge >= 0.3 is 0 Å². The SMILES string of the molecule is C#CC1=C(C)C=C(C)CC1.C=Cc1ccc(C(=C)C)cc1C(C)C.CC.CC.CCCC.CCCC.CCCC(CCC)c1ccccc1C. The highest BCUT2D eigenvalue weighted by Gasteiger charge is 2.11. The molecule has 2 aromatic carbocycles. The molecule has 0 spiro atoms. The van der Waals surface area contributed by atoms with E-state index in [1.807, 2.05) is 40.7 Å². The van der Waals surface area contributed by atoms with E-state index < -0.39 is 0 Å². The zero-order chi connectivity index (χ0) is 39.5. The summed E-state index contributed by atoms with van der Waals surface area (Å²) in [5, 5.41) is 0. The van der Waals surface area contributed by atoms with Crippen LogP contribution in [0.25, 0.3) is 11.6 Å². The Bertz CT molecular complexity index is 1190. The molecule has 0 aromatic heterocycles. The highest BCUT2D eigenvalue weighted by molar-refractivity contribution is 5.65. The molecule has 0 heterocycles. The molecule has 0 unspecified atom stereocenters. The number of unbranched alkanes of at least 4 members (excludes halogenated alkanes) is 2. The Labute approximate surface area is 316 Å². The Morgan fingerprint density at radius 2 is 1.26 bits per heavy atom. The molecule has 0 heteroatoms. The van der Waals surface area contributed by atoms with Crippen molar-refractivity contribution >= 4 is 11.6 Å². The van der Waals surface area contributed by atoms with Crippen LogP contribution in [0.2, 0.25) is 0 Å². The molecular formula is C50H84. The summed E-state index contributed by atoms with van der Waals surface area (Å²) in [7, 11) is 0. The van der Waals surface area contributed by atoms with Crippen molar-refractivity contribution in [3.63, 3.8) is 0 Å². The second-order valence-electron chi connectivity index (χ2n) is 12.9. The second kappa shape index (κ2) is 37.2. The number of rotatable bonds is 10. The fourth-order valence-electron chi connectivity index (χ4n) is 4.96. The van der Waals surface area contributed by atoms with Crippen LogP contribution >= 0.6 is 0 Å². The zero-order valence-corrected chi connectivity index (χ0v) is 36.4. The van der Waals surface area contributed by atoms with E-state index in [0.29, 0.717) is 5.92 Å². The average molecular weight is 685 g/mol. The highest BCUT2D eigenvalue weighted by Crippen LogP contribution is 2.28. The molecule has 0 saturated heterocycles. The van der Waals surface area contributed by atoms with Crippen molar-refractivity contribution in [1.29, 1.82) is 0 Å². The van der Waals surface area contributed by atoms with Crippen molar-refractivity contribution in [1.82, 2.24) is 0 Å². The monoisotopic (exact) mass is 685 g/mol. The molecule has 0 amide bonds. The lowest BCUT2D eigenvalue weighted by Crippen LogP contribution is -2.00. The first-order valence-corrected chi connectivity index (χ1v) is 20.2. The van der Waals surface area contributed by atoms with E-state index >= 15 is 0 Å². The van der Waals surface area contributed by atoms with Crippen LogP contribution in [0, 0.1) is 19.3 Å².